The van der Waals surface area contributed by atoms with E-state index in [1.807, 2.05) is 48.5 Å². The number of anilines is 1. The number of amides is 1. The Morgan fingerprint density at radius 1 is 1.14 bits per heavy atom. The lowest BCUT2D eigenvalue weighted by molar-refractivity contribution is -0.117. The number of carbonyl (C=O) groups is 1. The Kier molecular flexibility index (Phi) is 3.88. The molecule has 2 aromatic rings. The SMILES string of the molecule is CCCNC1C(=O)Nc2cc(Oc3ccccc3)ccc21. The first kappa shape index (κ1) is 13.6. The van der Waals surface area contributed by atoms with Crippen molar-refractivity contribution >= 4 is 11.6 Å². The van der Waals surface area contributed by atoms with E-state index < -0.39 is 0 Å². The van der Waals surface area contributed by atoms with Gasteiger partial charge in [-0.05, 0) is 31.2 Å². The largest absolute Gasteiger partial charge is 0.457 e. The number of nitrogens with one attached hydrogen (secondary N) is 2. The lowest BCUT2D eigenvalue weighted by Gasteiger charge is -2.11. The molecule has 0 aliphatic carbocycles. The van der Waals surface area contributed by atoms with Crippen LogP contribution in [0.15, 0.2) is 48.5 Å². The summed E-state index contributed by atoms with van der Waals surface area (Å²) in [6.45, 7) is 2.90. The minimum Gasteiger partial charge on any atom is -0.457 e. The summed E-state index contributed by atoms with van der Waals surface area (Å²) >= 11 is 0. The van der Waals surface area contributed by atoms with Crippen molar-refractivity contribution in [3.8, 4) is 11.5 Å². The Balaban J connectivity index is 1.80. The van der Waals surface area contributed by atoms with Gasteiger partial charge in [-0.15, -0.1) is 0 Å². The molecule has 1 heterocycles. The number of hydrogen-bond acceptors (Lipinski definition) is 3. The van der Waals surface area contributed by atoms with Crippen molar-refractivity contribution < 1.29 is 9.53 Å². The number of carbonyl (C=O) groups excluding carboxylic acids is 1. The van der Waals surface area contributed by atoms with Gasteiger partial charge in [0, 0.05) is 17.3 Å². The summed E-state index contributed by atoms with van der Waals surface area (Å²) < 4.78 is 5.78. The lowest BCUT2D eigenvalue weighted by Crippen LogP contribution is -2.27. The number of ether oxygens (including phenoxy) is 1. The van der Waals surface area contributed by atoms with Gasteiger partial charge in [0.1, 0.15) is 17.5 Å². The Labute approximate surface area is 124 Å². The van der Waals surface area contributed by atoms with Gasteiger partial charge in [-0.1, -0.05) is 31.2 Å². The van der Waals surface area contributed by atoms with E-state index in [9.17, 15) is 4.79 Å². The van der Waals surface area contributed by atoms with Crippen LogP contribution < -0.4 is 15.4 Å². The van der Waals surface area contributed by atoms with Crippen molar-refractivity contribution in [1.29, 1.82) is 0 Å². The standard InChI is InChI=1S/C17H18N2O2/c1-2-10-18-16-14-9-8-13(11-15(14)19-17(16)20)21-12-6-4-3-5-7-12/h3-9,11,16,18H,2,10H2,1H3,(H,19,20). The molecule has 4 heteroatoms. The summed E-state index contributed by atoms with van der Waals surface area (Å²) in [4.78, 5) is 12.0. The fraction of sp³-hybridized carbons (Fsp3) is 0.235. The highest BCUT2D eigenvalue weighted by Gasteiger charge is 2.30. The smallest absolute Gasteiger partial charge is 0.246 e. The molecule has 1 amide bonds. The molecule has 2 aromatic carbocycles. The van der Waals surface area contributed by atoms with Crippen LogP contribution in [-0.2, 0) is 4.79 Å². The highest BCUT2D eigenvalue weighted by Crippen LogP contribution is 2.35. The van der Waals surface area contributed by atoms with Gasteiger partial charge in [0.05, 0.1) is 0 Å². The second-order valence-electron chi connectivity index (χ2n) is 5.04. The normalized spacial score (nSPS) is 16.4. The van der Waals surface area contributed by atoms with E-state index >= 15 is 0 Å². The zero-order chi connectivity index (χ0) is 14.7. The van der Waals surface area contributed by atoms with Crippen LogP contribution in [0.3, 0.4) is 0 Å². The number of benzene rings is 2. The van der Waals surface area contributed by atoms with Crippen LogP contribution in [0.4, 0.5) is 5.69 Å². The first-order chi connectivity index (χ1) is 10.3. The Bertz CT molecular complexity index is 640. The molecule has 21 heavy (non-hydrogen) atoms. The van der Waals surface area contributed by atoms with E-state index in [0.717, 1.165) is 35.7 Å². The van der Waals surface area contributed by atoms with E-state index in [0.29, 0.717) is 0 Å². The molecule has 2 N–H and O–H groups in total. The molecule has 0 aromatic heterocycles. The maximum absolute atomic E-state index is 12.0. The summed E-state index contributed by atoms with van der Waals surface area (Å²) in [5.74, 6) is 1.49. The second-order valence-corrected chi connectivity index (χ2v) is 5.04. The van der Waals surface area contributed by atoms with Crippen molar-refractivity contribution in [1.82, 2.24) is 5.32 Å². The van der Waals surface area contributed by atoms with Crippen LogP contribution in [-0.4, -0.2) is 12.5 Å². The summed E-state index contributed by atoms with van der Waals surface area (Å²) in [5.41, 5.74) is 1.80. The van der Waals surface area contributed by atoms with Crippen LogP contribution in [0, 0.1) is 0 Å². The van der Waals surface area contributed by atoms with Crippen molar-refractivity contribution in [2.45, 2.75) is 19.4 Å². The first-order valence-electron chi connectivity index (χ1n) is 7.19. The zero-order valence-corrected chi connectivity index (χ0v) is 11.9. The molecule has 108 valence electrons. The van der Waals surface area contributed by atoms with Gasteiger partial charge < -0.3 is 15.4 Å². The second kappa shape index (κ2) is 5.97. The Morgan fingerprint density at radius 2 is 1.95 bits per heavy atom. The van der Waals surface area contributed by atoms with Crippen LogP contribution in [0.2, 0.25) is 0 Å². The number of para-hydroxylation sites is 1. The molecule has 1 aliphatic heterocycles. The van der Waals surface area contributed by atoms with Gasteiger partial charge >= 0.3 is 0 Å². The van der Waals surface area contributed by atoms with E-state index in [4.69, 9.17) is 4.74 Å². The predicted octanol–water partition coefficient (Wildman–Crippen LogP) is 3.47. The van der Waals surface area contributed by atoms with Crippen molar-refractivity contribution in [3.63, 3.8) is 0 Å². The minimum absolute atomic E-state index is 0.00434. The monoisotopic (exact) mass is 282 g/mol. The van der Waals surface area contributed by atoms with Crippen LogP contribution in [0.5, 0.6) is 11.5 Å². The predicted molar refractivity (Wildman–Crippen MR) is 82.6 cm³/mol. The molecule has 1 aliphatic rings. The summed E-state index contributed by atoms with van der Waals surface area (Å²) in [6.07, 6.45) is 0.994. The quantitative estimate of drug-likeness (QED) is 0.883. The van der Waals surface area contributed by atoms with Gasteiger partial charge in [0.25, 0.3) is 0 Å². The lowest BCUT2D eigenvalue weighted by atomic mass is 10.1. The summed E-state index contributed by atoms with van der Waals surface area (Å²) in [5, 5.41) is 6.15. The van der Waals surface area contributed by atoms with Crippen LogP contribution in [0.1, 0.15) is 24.9 Å². The van der Waals surface area contributed by atoms with E-state index in [1.165, 1.54) is 0 Å². The van der Waals surface area contributed by atoms with Crippen molar-refractivity contribution in [2.24, 2.45) is 0 Å². The zero-order valence-electron chi connectivity index (χ0n) is 11.9. The van der Waals surface area contributed by atoms with Gasteiger partial charge in [0.2, 0.25) is 5.91 Å². The summed E-state index contributed by atoms with van der Waals surface area (Å²) in [6, 6.07) is 15.0. The molecule has 0 saturated heterocycles. The molecule has 0 spiro atoms. The van der Waals surface area contributed by atoms with Crippen LogP contribution in [0.25, 0.3) is 0 Å². The van der Waals surface area contributed by atoms with Gasteiger partial charge in [-0.25, -0.2) is 0 Å². The molecule has 0 radical (unpaired) electrons. The number of hydrogen-bond donors (Lipinski definition) is 2. The van der Waals surface area contributed by atoms with E-state index in [1.54, 1.807) is 0 Å². The van der Waals surface area contributed by atoms with Gasteiger partial charge in [-0.3, -0.25) is 4.79 Å². The minimum atomic E-state index is -0.259. The molecule has 0 saturated carbocycles. The fourth-order valence-corrected chi connectivity index (χ4v) is 2.42. The fourth-order valence-electron chi connectivity index (χ4n) is 2.42. The van der Waals surface area contributed by atoms with Gasteiger partial charge in [-0.2, -0.15) is 0 Å². The number of rotatable bonds is 5. The molecule has 1 unspecified atom stereocenters. The maximum atomic E-state index is 12.0. The van der Waals surface area contributed by atoms with Crippen LogP contribution >= 0.6 is 0 Å². The molecule has 4 nitrogen and oxygen atoms in total. The average Bonchev–Trinajstić information content (AvgIpc) is 2.81. The topological polar surface area (TPSA) is 50.4 Å². The molecular weight excluding hydrogens is 264 g/mol. The molecule has 3 rings (SSSR count). The van der Waals surface area contributed by atoms with Crippen molar-refractivity contribution in [3.05, 3.63) is 54.1 Å². The third kappa shape index (κ3) is 2.90. The van der Waals surface area contributed by atoms with Gasteiger partial charge in [0.15, 0.2) is 0 Å². The van der Waals surface area contributed by atoms with E-state index in [-0.39, 0.29) is 11.9 Å². The average molecular weight is 282 g/mol. The highest BCUT2D eigenvalue weighted by molar-refractivity contribution is 6.02. The third-order valence-electron chi connectivity index (χ3n) is 3.43. The Morgan fingerprint density at radius 3 is 2.71 bits per heavy atom. The first-order valence-corrected chi connectivity index (χ1v) is 7.19. The highest BCUT2D eigenvalue weighted by atomic mass is 16.5. The third-order valence-corrected chi connectivity index (χ3v) is 3.43. The summed E-state index contributed by atoms with van der Waals surface area (Å²) in [7, 11) is 0. The molecular formula is C17H18N2O2. The molecule has 0 bridgehead atoms. The molecule has 1 atom stereocenters. The molecule has 0 fully saturated rings. The maximum Gasteiger partial charge on any atom is 0.246 e. The van der Waals surface area contributed by atoms with E-state index in [2.05, 4.69) is 17.6 Å². The number of fused-ring (bicyclic) bond motifs is 1. The van der Waals surface area contributed by atoms with Crippen molar-refractivity contribution in [2.75, 3.05) is 11.9 Å². The Hall–Kier alpha value is -2.33.